The van der Waals surface area contributed by atoms with Crippen LogP contribution in [0.5, 0.6) is 28.7 Å². The molecule has 3 rings (SSSR count). The Morgan fingerprint density at radius 1 is 0.720 bits per heavy atom. The van der Waals surface area contributed by atoms with Crippen molar-refractivity contribution in [3.8, 4) is 39.9 Å². The number of hydrogen-bond donors (Lipinski definition) is 3. The highest BCUT2D eigenvalue weighted by Crippen LogP contribution is 2.57. The van der Waals surface area contributed by atoms with Gasteiger partial charge < -0.3 is 34.3 Å². The number of aliphatic hydroxyl groups is 2. The summed E-state index contributed by atoms with van der Waals surface area (Å²) in [5.74, 6) is 1.03. The standard InChI is InChI=1S/C18H20O7/c1-22-10-6-5-8-12(16(10)21)13-9(15(20)14(8)19)7-11(23-2)17(24-3)18(13)25-4/h5-7,14-15,19-21H,1-4H3. The van der Waals surface area contributed by atoms with Gasteiger partial charge in [-0.1, -0.05) is 6.07 Å². The molecule has 7 heteroatoms. The second-order valence-electron chi connectivity index (χ2n) is 5.58. The number of aliphatic hydroxyl groups excluding tert-OH is 2. The Kier molecular flexibility index (Phi) is 4.36. The van der Waals surface area contributed by atoms with Crippen LogP contribution in [-0.4, -0.2) is 43.8 Å². The molecule has 0 radical (unpaired) electrons. The lowest BCUT2D eigenvalue weighted by atomic mass is 9.80. The topological polar surface area (TPSA) is 97.6 Å². The van der Waals surface area contributed by atoms with Crippen LogP contribution in [0.1, 0.15) is 23.3 Å². The summed E-state index contributed by atoms with van der Waals surface area (Å²) in [6, 6.07) is 4.69. The van der Waals surface area contributed by atoms with Gasteiger partial charge in [-0.25, -0.2) is 0 Å². The Morgan fingerprint density at radius 2 is 1.32 bits per heavy atom. The zero-order chi connectivity index (χ0) is 18.3. The number of phenolic OH excluding ortho intramolecular Hbond substituents is 1. The van der Waals surface area contributed by atoms with Crippen molar-refractivity contribution in [3.63, 3.8) is 0 Å². The fourth-order valence-electron chi connectivity index (χ4n) is 3.27. The minimum atomic E-state index is -1.22. The average molecular weight is 348 g/mol. The fraction of sp³-hybridized carbons (Fsp3) is 0.333. The van der Waals surface area contributed by atoms with E-state index in [1.165, 1.54) is 34.5 Å². The summed E-state index contributed by atoms with van der Waals surface area (Å²) in [4.78, 5) is 0. The molecule has 2 aromatic carbocycles. The van der Waals surface area contributed by atoms with Crippen LogP contribution in [0.25, 0.3) is 11.1 Å². The van der Waals surface area contributed by atoms with Crippen LogP contribution in [0.2, 0.25) is 0 Å². The summed E-state index contributed by atoms with van der Waals surface area (Å²) in [7, 11) is 5.81. The Bertz CT molecular complexity index is 816. The fourth-order valence-corrected chi connectivity index (χ4v) is 3.27. The van der Waals surface area contributed by atoms with E-state index in [-0.39, 0.29) is 17.2 Å². The van der Waals surface area contributed by atoms with E-state index >= 15 is 0 Å². The second-order valence-corrected chi connectivity index (χ2v) is 5.58. The maximum atomic E-state index is 10.7. The van der Waals surface area contributed by atoms with E-state index in [9.17, 15) is 15.3 Å². The van der Waals surface area contributed by atoms with Gasteiger partial charge in [-0.15, -0.1) is 0 Å². The highest BCUT2D eigenvalue weighted by atomic mass is 16.5. The molecule has 7 nitrogen and oxygen atoms in total. The van der Waals surface area contributed by atoms with E-state index in [2.05, 4.69) is 0 Å². The minimum absolute atomic E-state index is 0.155. The molecule has 3 N–H and O–H groups in total. The molecule has 0 saturated carbocycles. The molecule has 2 unspecified atom stereocenters. The lowest BCUT2D eigenvalue weighted by molar-refractivity contribution is 0.0153. The molecule has 0 saturated heterocycles. The number of phenols is 1. The van der Waals surface area contributed by atoms with Gasteiger partial charge in [-0.2, -0.15) is 0 Å². The zero-order valence-electron chi connectivity index (χ0n) is 14.4. The molecular formula is C18H20O7. The molecule has 0 spiro atoms. The Morgan fingerprint density at radius 3 is 1.88 bits per heavy atom. The quantitative estimate of drug-likeness (QED) is 0.779. The van der Waals surface area contributed by atoms with E-state index < -0.39 is 12.2 Å². The number of hydrogen-bond acceptors (Lipinski definition) is 7. The van der Waals surface area contributed by atoms with Gasteiger partial charge >= 0.3 is 0 Å². The predicted octanol–water partition coefficient (Wildman–Crippen LogP) is 2.17. The van der Waals surface area contributed by atoms with Crippen LogP contribution in [0.3, 0.4) is 0 Å². The van der Waals surface area contributed by atoms with E-state index in [1.807, 2.05) is 0 Å². The second kappa shape index (κ2) is 6.34. The molecule has 0 aromatic heterocycles. The molecule has 0 amide bonds. The highest BCUT2D eigenvalue weighted by molar-refractivity contribution is 5.88. The first-order valence-corrected chi connectivity index (χ1v) is 7.59. The Balaban J connectivity index is 2.46. The van der Waals surface area contributed by atoms with Gasteiger partial charge in [-0.3, -0.25) is 0 Å². The summed E-state index contributed by atoms with van der Waals surface area (Å²) in [5, 5.41) is 31.7. The number of benzene rings is 2. The lowest BCUT2D eigenvalue weighted by Gasteiger charge is -2.32. The number of methoxy groups -OCH3 is 4. The first-order chi connectivity index (χ1) is 12.0. The first-order valence-electron chi connectivity index (χ1n) is 7.59. The maximum absolute atomic E-state index is 10.7. The average Bonchev–Trinajstić information content (AvgIpc) is 2.64. The predicted molar refractivity (Wildman–Crippen MR) is 89.7 cm³/mol. The third-order valence-corrected chi connectivity index (χ3v) is 4.44. The Labute approximate surface area is 145 Å². The van der Waals surface area contributed by atoms with Crippen molar-refractivity contribution in [3.05, 3.63) is 29.3 Å². The molecular weight excluding hydrogens is 328 g/mol. The van der Waals surface area contributed by atoms with Gasteiger partial charge in [0, 0.05) is 11.1 Å². The smallest absolute Gasteiger partial charge is 0.203 e. The molecule has 1 aliphatic rings. The number of fused-ring (bicyclic) bond motifs is 3. The molecule has 2 atom stereocenters. The van der Waals surface area contributed by atoms with Crippen molar-refractivity contribution in [2.24, 2.45) is 0 Å². The summed E-state index contributed by atoms with van der Waals surface area (Å²) >= 11 is 0. The van der Waals surface area contributed by atoms with Gasteiger partial charge in [0.25, 0.3) is 0 Å². The van der Waals surface area contributed by atoms with Crippen molar-refractivity contribution in [1.82, 2.24) is 0 Å². The van der Waals surface area contributed by atoms with E-state index in [0.29, 0.717) is 33.8 Å². The lowest BCUT2D eigenvalue weighted by Crippen LogP contribution is -2.18. The van der Waals surface area contributed by atoms with Crippen LogP contribution in [0.4, 0.5) is 0 Å². The van der Waals surface area contributed by atoms with Crippen molar-refractivity contribution in [2.45, 2.75) is 12.2 Å². The van der Waals surface area contributed by atoms with Crippen molar-refractivity contribution < 1.29 is 34.3 Å². The first kappa shape index (κ1) is 17.2. The summed E-state index contributed by atoms with van der Waals surface area (Å²) < 4.78 is 21.4. The van der Waals surface area contributed by atoms with Crippen molar-refractivity contribution >= 4 is 0 Å². The van der Waals surface area contributed by atoms with Crippen molar-refractivity contribution in [1.29, 1.82) is 0 Å². The molecule has 0 heterocycles. The zero-order valence-corrected chi connectivity index (χ0v) is 14.4. The Hall–Kier alpha value is -2.64. The third-order valence-electron chi connectivity index (χ3n) is 4.44. The molecule has 0 fully saturated rings. The van der Waals surface area contributed by atoms with Gasteiger partial charge in [-0.05, 0) is 23.3 Å². The molecule has 25 heavy (non-hydrogen) atoms. The monoisotopic (exact) mass is 348 g/mol. The molecule has 134 valence electrons. The van der Waals surface area contributed by atoms with Crippen LogP contribution in [0.15, 0.2) is 18.2 Å². The minimum Gasteiger partial charge on any atom is -0.504 e. The number of aromatic hydroxyl groups is 1. The summed E-state index contributed by atoms with van der Waals surface area (Å²) in [6.07, 6.45) is -2.44. The van der Waals surface area contributed by atoms with E-state index in [1.54, 1.807) is 12.1 Å². The molecule has 0 bridgehead atoms. The van der Waals surface area contributed by atoms with Gasteiger partial charge in [0.15, 0.2) is 23.0 Å². The van der Waals surface area contributed by atoms with Crippen LogP contribution in [-0.2, 0) is 0 Å². The van der Waals surface area contributed by atoms with Crippen LogP contribution < -0.4 is 18.9 Å². The SMILES string of the molecule is COc1ccc2c(c1O)-c1c(cc(OC)c(OC)c1OC)C(O)C2O. The molecule has 2 aromatic rings. The maximum Gasteiger partial charge on any atom is 0.203 e. The summed E-state index contributed by atoms with van der Waals surface area (Å²) in [6.45, 7) is 0. The van der Waals surface area contributed by atoms with Crippen molar-refractivity contribution in [2.75, 3.05) is 28.4 Å². The van der Waals surface area contributed by atoms with E-state index in [4.69, 9.17) is 18.9 Å². The molecule has 0 aliphatic heterocycles. The van der Waals surface area contributed by atoms with Gasteiger partial charge in [0.2, 0.25) is 5.75 Å². The number of ether oxygens (including phenoxy) is 4. The molecule has 1 aliphatic carbocycles. The van der Waals surface area contributed by atoms with Gasteiger partial charge in [0.05, 0.1) is 28.4 Å². The number of rotatable bonds is 4. The van der Waals surface area contributed by atoms with Crippen LogP contribution in [0, 0.1) is 0 Å². The highest BCUT2D eigenvalue weighted by Gasteiger charge is 2.38. The largest absolute Gasteiger partial charge is 0.504 e. The van der Waals surface area contributed by atoms with Crippen LogP contribution >= 0.6 is 0 Å². The normalized spacial score (nSPS) is 18.2. The van der Waals surface area contributed by atoms with Gasteiger partial charge in [0.1, 0.15) is 12.2 Å². The third kappa shape index (κ3) is 2.35. The summed E-state index contributed by atoms with van der Waals surface area (Å²) in [5.41, 5.74) is 1.47. The van der Waals surface area contributed by atoms with E-state index in [0.717, 1.165) is 0 Å².